The molecule has 1 aromatic carbocycles. The maximum Gasteiger partial charge on any atom is 0.469 e. The molecule has 0 heterocycles. The number of rotatable bonds is 13. The molecule has 2 N–H and O–H groups in total. The summed E-state index contributed by atoms with van der Waals surface area (Å²) in [6, 6.07) is 2.09. The van der Waals surface area contributed by atoms with Crippen molar-refractivity contribution in [3.8, 4) is 0 Å². The van der Waals surface area contributed by atoms with Gasteiger partial charge in [-0.15, -0.1) is 0 Å². The molecule has 32 heavy (non-hydrogen) atoms. The highest BCUT2D eigenvalue weighted by Crippen LogP contribution is 2.36. The molecule has 0 bridgehead atoms. The second kappa shape index (κ2) is 12.4. The first kappa shape index (κ1) is 28.9. The third kappa shape index (κ3) is 8.69. The second-order valence-electron chi connectivity index (χ2n) is 6.64. The van der Waals surface area contributed by atoms with Crippen LogP contribution >= 0.6 is 39.7 Å². The topological polar surface area (TPSA) is 168 Å². The molecular weight excluding hydrogens is 601 g/mol. The lowest BCUT2D eigenvalue weighted by Crippen LogP contribution is -2.31. The molecule has 0 saturated heterocycles. The van der Waals surface area contributed by atoms with Gasteiger partial charge in [0.15, 0.2) is 9.84 Å². The van der Waals surface area contributed by atoms with Gasteiger partial charge in [-0.25, -0.2) is 13.0 Å². The van der Waals surface area contributed by atoms with Gasteiger partial charge in [-0.05, 0) is 12.5 Å². The molecule has 0 aliphatic heterocycles. The van der Waals surface area contributed by atoms with Crippen molar-refractivity contribution in [2.75, 3.05) is 55.1 Å². The van der Waals surface area contributed by atoms with Crippen LogP contribution in [0.15, 0.2) is 17.0 Å². The molecule has 0 aliphatic carbocycles. The lowest BCUT2D eigenvalue weighted by molar-refractivity contribution is -0.385. The predicted octanol–water partition coefficient (Wildman–Crippen LogP) is 2.17. The largest absolute Gasteiger partial charge is 0.469 e. The van der Waals surface area contributed by atoms with Crippen molar-refractivity contribution >= 4 is 66.8 Å². The molecule has 0 aromatic heterocycles. The summed E-state index contributed by atoms with van der Waals surface area (Å²) >= 11 is 6.59. The standard InChI is InChI=1S/C16H24Br2N3O9PS/c1-19(6-3-9-30-31(25,26)27)16(22)12-10-14(20(7-4-17)8-5-18)15(32(2,28)29)11-13(12)21(23)24/h10-11H,3-9H2,1-2H3,(H2,25,26,27). The highest BCUT2D eigenvalue weighted by Gasteiger charge is 2.30. The highest BCUT2D eigenvalue weighted by molar-refractivity contribution is 9.09. The summed E-state index contributed by atoms with van der Waals surface area (Å²) in [5.41, 5.74) is -0.793. The molecule has 1 rings (SSSR count). The Morgan fingerprint density at radius 3 is 2.22 bits per heavy atom. The van der Waals surface area contributed by atoms with E-state index in [-0.39, 0.29) is 35.7 Å². The molecule has 16 heteroatoms. The molecule has 0 atom stereocenters. The molecular formula is C16H24Br2N3O9PS. The van der Waals surface area contributed by atoms with Crippen molar-refractivity contribution in [3.05, 3.63) is 27.8 Å². The predicted molar refractivity (Wildman–Crippen MR) is 126 cm³/mol. The number of alkyl halides is 2. The Hall–Kier alpha value is -1.09. The van der Waals surface area contributed by atoms with Crippen LogP contribution in [-0.2, 0) is 18.9 Å². The van der Waals surface area contributed by atoms with Gasteiger partial charge in [-0.1, -0.05) is 31.9 Å². The average Bonchev–Trinajstić information content (AvgIpc) is 2.67. The number of sulfone groups is 1. The van der Waals surface area contributed by atoms with E-state index < -0.39 is 34.2 Å². The fraction of sp³-hybridized carbons (Fsp3) is 0.562. The van der Waals surface area contributed by atoms with Crippen molar-refractivity contribution in [3.63, 3.8) is 0 Å². The maximum atomic E-state index is 13.0. The van der Waals surface area contributed by atoms with Crippen molar-refractivity contribution in [1.29, 1.82) is 0 Å². The van der Waals surface area contributed by atoms with Crippen LogP contribution in [-0.4, -0.2) is 84.1 Å². The Labute approximate surface area is 202 Å². The number of hydrogen-bond acceptors (Lipinski definition) is 8. The number of halogens is 2. The van der Waals surface area contributed by atoms with Crippen molar-refractivity contribution in [1.82, 2.24) is 4.90 Å². The van der Waals surface area contributed by atoms with Gasteiger partial charge in [0.1, 0.15) is 5.56 Å². The molecule has 0 radical (unpaired) electrons. The zero-order valence-corrected chi connectivity index (χ0v) is 22.2. The van der Waals surface area contributed by atoms with Crippen LogP contribution in [0.4, 0.5) is 11.4 Å². The Morgan fingerprint density at radius 1 is 1.22 bits per heavy atom. The van der Waals surface area contributed by atoms with Crippen LogP contribution in [0.25, 0.3) is 0 Å². The summed E-state index contributed by atoms with van der Waals surface area (Å²) in [5.74, 6) is -0.744. The lowest BCUT2D eigenvalue weighted by atomic mass is 10.1. The molecule has 1 amide bonds. The SMILES string of the molecule is CN(CCCOP(=O)(O)O)C(=O)c1cc(N(CCBr)CCBr)c(S(C)(=O)=O)cc1[N+](=O)[O-]. The Morgan fingerprint density at radius 2 is 1.78 bits per heavy atom. The van der Waals surface area contributed by atoms with Crippen molar-refractivity contribution < 1.29 is 37.0 Å². The van der Waals surface area contributed by atoms with E-state index in [4.69, 9.17) is 9.79 Å². The van der Waals surface area contributed by atoms with Gasteiger partial charge in [-0.3, -0.25) is 19.4 Å². The van der Waals surface area contributed by atoms with Crippen LogP contribution < -0.4 is 4.90 Å². The number of phosphoric ester groups is 1. The van der Waals surface area contributed by atoms with E-state index >= 15 is 0 Å². The van der Waals surface area contributed by atoms with E-state index in [0.29, 0.717) is 23.7 Å². The number of benzene rings is 1. The van der Waals surface area contributed by atoms with E-state index in [1.165, 1.54) is 13.1 Å². The third-order valence-electron chi connectivity index (χ3n) is 4.20. The fourth-order valence-corrected chi connectivity index (χ4v) is 4.89. The number of nitrogens with zero attached hydrogens (tertiary/aromatic N) is 3. The molecule has 0 aliphatic rings. The average molecular weight is 625 g/mol. The van der Waals surface area contributed by atoms with Crippen LogP contribution in [0.5, 0.6) is 0 Å². The van der Waals surface area contributed by atoms with E-state index in [0.717, 1.165) is 17.2 Å². The number of nitro groups is 1. The first-order chi connectivity index (χ1) is 14.7. The summed E-state index contributed by atoms with van der Waals surface area (Å²) in [6.45, 7) is 0.433. The molecule has 0 fully saturated rings. The summed E-state index contributed by atoms with van der Waals surface area (Å²) in [6.07, 6.45) is 0.999. The number of nitro benzene ring substituents is 1. The maximum absolute atomic E-state index is 13.0. The number of anilines is 1. The van der Waals surface area contributed by atoms with Gasteiger partial charge < -0.3 is 19.6 Å². The smallest absolute Gasteiger partial charge is 0.369 e. The van der Waals surface area contributed by atoms with Crippen LogP contribution in [0, 0.1) is 10.1 Å². The number of hydrogen-bond donors (Lipinski definition) is 2. The molecule has 0 saturated carbocycles. The molecule has 182 valence electrons. The summed E-state index contributed by atoms with van der Waals surface area (Å²) in [4.78, 5) is 43.7. The normalized spacial score (nSPS) is 11.9. The van der Waals surface area contributed by atoms with Gasteiger partial charge in [0.2, 0.25) is 0 Å². The third-order valence-corrected chi connectivity index (χ3v) is 6.55. The van der Waals surface area contributed by atoms with E-state index in [1.54, 1.807) is 4.90 Å². The Bertz CT molecular complexity index is 981. The zero-order chi connectivity index (χ0) is 24.7. The first-order valence-corrected chi connectivity index (χ1v) is 14.7. The number of amides is 1. The Balaban J connectivity index is 3.42. The summed E-state index contributed by atoms with van der Waals surface area (Å²) in [5, 5.41) is 12.6. The lowest BCUT2D eigenvalue weighted by Gasteiger charge is -2.26. The minimum atomic E-state index is -4.64. The zero-order valence-electron chi connectivity index (χ0n) is 17.3. The van der Waals surface area contributed by atoms with Crippen LogP contribution in [0.3, 0.4) is 0 Å². The molecule has 0 unspecified atom stereocenters. The van der Waals surface area contributed by atoms with Gasteiger partial charge >= 0.3 is 7.82 Å². The highest BCUT2D eigenvalue weighted by atomic mass is 79.9. The molecule has 0 spiro atoms. The van der Waals surface area contributed by atoms with Crippen molar-refractivity contribution in [2.24, 2.45) is 0 Å². The fourth-order valence-electron chi connectivity index (χ4n) is 2.77. The van der Waals surface area contributed by atoms with Crippen LogP contribution in [0.1, 0.15) is 16.8 Å². The number of carbonyl (C=O) groups is 1. The number of phosphoric acid groups is 1. The minimum Gasteiger partial charge on any atom is -0.369 e. The van der Waals surface area contributed by atoms with Gasteiger partial charge in [0, 0.05) is 49.7 Å². The van der Waals surface area contributed by atoms with Gasteiger partial charge in [0.05, 0.1) is 22.1 Å². The van der Waals surface area contributed by atoms with E-state index in [9.17, 15) is 27.9 Å². The molecule has 12 nitrogen and oxygen atoms in total. The minimum absolute atomic E-state index is 0.00827. The van der Waals surface area contributed by atoms with Gasteiger partial charge in [-0.2, -0.15) is 0 Å². The monoisotopic (exact) mass is 623 g/mol. The van der Waals surface area contributed by atoms with Crippen molar-refractivity contribution in [2.45, 2.75) is 11.3 Å². The summed E-state index contributed by atoms with van der Waals surface area (Å²) < 4.78 is 39.8. The molecule has 1 aromatic rings. The quantitative estimate of drug-likeness (QED) is 0.109. The first-order valence-electron chi connectivity index (χ1n) is 9.07. The van der Waals surface area contributed by atoms with E-state index in [2.05, 4.69) is 36.4 Å². The Kier molecular flexibility index (Phi) is 11.2. The van der Waals surface area contributed by atoms with E-state index in [1.807, 2.05) is 0 Å². The summed E-state index contributed by atoms with van der Waals surface area (Å²) in [7, 11) is -7.14. The van der Waals surface area contributed by atoms with Gasteiger partial charge in [0.25, 0.3) is 11.6 Å². The van der Waals surface area contributed by atoms with Crippen LogP contribution in [0.2, 0.25) is 0 Å². The second-order valence-corrected chi connectivity index (χ2v) is 11.4. The number of carbonyl (C=O) groups excluding carboxylic acids is 1.